The number of nitrogens with zero attached hydrogens (tertiary/aromatic N) is 3. The molecule has 3 rings (SSSR count). The molecule has 0 aliphatic carbocycles. The molecule has 6 nitrogen and oxygen atoms in total. The van der Waals surface area contributed by atoms with Crippen molar-refractivity contribution in [3.63, 3.8) is 0 Å². The van der Waals surface area contributed by atoms with Gasteiger partial charge in [-0.15, -0.1) is 0 Å². The summed E-state index contributed by atoms with van der Waals surface area (Å²) in [5, 5.41) is 10.8. The minimum atomic E-state index is -0.687. The van der Waals surface area contributed by atoms with Crippen molar-refractivity contribution >= 4 is 17.4 Å². The average molecular weight is 365 g/mol. The number of Topliss-reactive ketones (excluding diaryl/α,β-unsaturated/α-hetero) is 1. The molecule has 1 saturated heterocycles. The van der Waals surface area contributed by atoms with Gasteiger partial charge in [0.1, 0.15) is 11.8 Å². The van der Waals surface area contributed by atoms with Crippen LogP contribution in [-0.4, -0.2) is 58.8 Å². The zero-order valence-electron chi connectivity index (χ0n) is 15.5. The van der Waals surface area contributed by atoms with Crippen LogP contribution in [0.2, 0.25) is 0 Å². The Morgan fingerprint density at radius 1 is 1.11 bits per heavy atom. The molecule has 0 radical (unpaired) electrons. The van der Waals surface area contributed by atoms with Crippen LogP contribution in [0.5, 0.6) is 0 Å². The first kappa shape index (κ1) is 18.8. The summed E-state index contributed by atoms with van der Waals surface area (Å²) in [5.41, 5.74) is 1.17. The van der Waals surface area contributed by atoms with Gasteiger partial charge in [-0.1, -0.05) is 36.4 Å². The average Bonchev–Trinajstić information content (AvgIpc) is 2.93. The number of amides is 1. The minimum absolute atomic E-state index is 0.0924. The van der Waals surface area contributed by atoms with E-state index in [9.17, 15) is 14.7 Å². The van der Waals surface area contributed by atoms with Crippen LogP contribution < -0.4 is 0 Å². The van der Waals surface area contributed by atoms with Gasteiger partial charge in [0.05, 0.1) is 11.3 Å². The zero-order chi connectivity index (χ0) is 19.4. The topological polar surface area (TPSA) is 73.7 Å². The van der Waals surface area contributed by atoms with Gasteiger partial charge in [-0.3, -0.25) is 14.6 Å². The number of hydrogen-bond acceptors (Lipinski definition) is 5. The first-order valence-corrected chi connectivity index (χ1v) is 8.90. The number of carbonyl (C=O) groups is 2. The van der Waals surface area contributed by atoms with Gasteiger partial charge in [0.25, 0.3) is 11.7 Å². The summed E-state index contributed by atoms with van der Waals surface area (Å²) in [6.07, 6.45) is 2.34. The summed E-state index contributed by atoms with van der Waals surface area (Å²) in [6.45, 7) is 1.20. The molecule has 0 bridgehead atoms. The van der Waals surface area contributed by atoms with E-state index in [1.807, 2.05) is 31.1 Å². The summed E-state index contributed by atoms with van der Waals surface area (Å²) in [6, 6.07) is 13.5. The van der Waals surface area contributed by atoms with Crippen molar-refractivity contribution in [2.24, 2.45) is 0 Å². The smallest absolute Gasteiger partial charge is 0.295 e. The number of benzene rings is 1. The van der Waals surface area contributed by atoms with Gasteiger partial charge in [-0.05, 0) is 39.2 Å². The van der Waals surface area contributed by atoms with Crippen LogP contribution in [0.25, 0.3) is 5.76 Å². The molecule has 2 heterocycles. The van der Waals surface area contributed by atoms with Gasteiger partial charge in [0, 0.05) is 18.3 Å². The Balaban J connectivity index is 2.05. The molecule has 1 aromatic carbocycles. The fraction of sp³-hybridized carbons (Fsp3) is 0.286. The number of ketones is 1. The quantitative estimate of drug-likeness (QED) is 0.484. The summed E-state index contributed by atoms with van der Waals surface area (Å²) >= 11 is 0. The summed E-state index contributed by atoms with van der Waals surface area (Å²) in [5.74, 6) is -1.43. The maximum Gasteiger partial charge on any atom is 0.295 e. The molecule has 140 valence electrons. The van der Waals surface area contributed by atoms with Crippen LogP contribution in [-0.2, 0) is 9.59 Å². The van der Waals surface area contributed by atoms with E-state index in [2.05, 4.69) is 4.98 Å². The molecule has 1 atom stereocenters. The number of aliphatic hydroxyl groups is 1. The SMILES string of the molecule is CN(C)CCCN1C(=O)C(=O)/C(=C(/O)c2ccccc2)[C@H]1c1ccccn1. The molecule has 27 heavy (non-hydrogen) atoms. The van der Waals surface area contributed by atoms with E-state index >= 15 is 0 Å². The Hall–Kier alpha value is -2.99. The highest BCUT2D eigenvalue weighted by Crippen LogP contribution is 2.38. The maximum absolute atomic E-state index is 12.8. The van der Waals surface area contributed by atoms with Crippen LogP contribution in [0.3, 0.4) is 0 Å². The Bertz CT molecular complexity index is 847. The molecule has 0 saturated carbocycles. The lowest BCUT2D eigenvalue weighted by molar-refractivity contribution is -0.140. The summed E-state index contributed by atoms with van der Waals surface area (Å²) in [7, 11) is 3.92. The zero-order valence-corrected chi connectivity index (χ0v) is 15.5. The molecule has 6 heteroatoms. The maximum atomic E-state index is 12.8. The molecule has 0 unspecified atom stereocenters. The van der Waals surface area contributed by atoms with Gasteiger partial charge in [-0.25, -0.2) is 0 Å². The lowest BCUT2D eigenvalue weighted by Gasteiger charge is -2.25. The van der Waals surface area contributed by atoms with Crippen molar-refractivity contribution in [2.75, 3.05) is 27.2 Å². The van der Waals surface area contributed by atoms with Gasteiger partial charge < -0.3 is 14.9 Å². The van der Waals surface area contributed by atoms with E-state index in [1.165, 1.54) is 4.90 Å². The summed E-state index contributed by atoms with van der Waals surface area (Å²) in [4.78, 5) is 33.4. The van der Waals surface area contributed by atoms with E-state index in [0.717, 1.165) is 6.54 Å². The third-order valence-electron chi connectivity index (χ3n) is 4.56. The second kappa shape index (κ2) is 8.14. The number of carbonyl (C=O) groups excluding carboxylic acids is 2. The van der Waals surface area contributed by atoms with E-state index < -0.39 is 17.7 Å². The number of likely N-dealkylation sites (tertiary alicyclic amines) is 1. The van der Waals surface area contributed by atoms with Crippen LogP contribution in [0, 0.1) is 0 Å². The highest BCUT2D eigenvalue weighted by atomic mass is 16.3. The Labute approximate surface area is 158 Å². The first-order chi connectivity index (χ1) is 13.0. The van der Waals surface area contributed by atoms with Crippen molar-refractivity contribution in [1.82, 2.24) is 14.8 Å². The predicted octanol–water partition coefficient (Wildman–Crippen LogP) is 2.46. The van der Waals surface area contributed by atoms with Crippen LogP contribution >= 0.6 is 0 Å². The standard InChI is InChI=1S/C21H23N3O3/c1-23(2)13-8-14-24-18(16-11-6-7-12-22-16)17(20(26)21(24)27)19(25)15-9-4-3-5-10-15/h3-7,9-12,18,25H,8,13-14H2,1-2H3/b19-17+/t18-/m1/s1. The Morgan fingerprint density at radius 2 is 1.81 bits per heavy atom. The van der Waals surface area contributed by atoms with Gasteiger partial charge in [0.15, 0.2) is 0 Å². The van der Waals surface area contributed by atoms with E-state index in [0.29, 0.717) is 24.2 Å². The molecular formula is C21H23N3O3. The number of aromatic nitrogens is 1. The Kier molecular flexibility index (Phi) is 5.66. The van der Waals surface area contributed by atoms with Crippen molar-refractivity contribution < 1.29 is 14.7 Å². The molecule has 1 fully saturated rings. The highest BCUT2D eigenvalue weighted by molar-refractivity contribution is 6.46. The van der Waals surface area contributed by atoms with Gasteiger partial charge in [0.2, 0.25) is 0 Å². The molecule has 1 aliphatic heterocycles. The largest absolute Gasteiger partial charge is 0.507 e. The lowest BCUT2D eigenvalue weighted by Crippen LogP contribution is -2.32. The van der Waals surface area contributed by atoms with Crippen molar-refractivity contribution in [2.45, 2.75) is 12.5 Å². The van der Waals surface area contributed by atoms with Crippen molar-refractivity contribution in [1.29, 1.82) is 0 Å². The fourth-order valence-electron chi connectivity index (χ4n) is 3.26. The van der Waals surface area contributed by atoms with Crippen LogP contribution in [0.4, 0.5) is 0 Å². The minimum Gasteiger partial charge on any atom is -0.507 e. The van der Waals surface area contributed by atoms with Crippen LogP contribution in [0.1, 0.15) is 23.7 Å². The first-order valence-electron chi connectivity index (χ1n) is 8.90. The predicted molar refractivity (Wildman–Crippen MR) is 103 cm³/mol. The third kappa shape index (κ3) is 3.90. The molecule has 1 aliphatic rings. The number of rotatable bonds is 6. The number of hydrogen-bond donors (Lipinski definition) is 1. The normalized spacial score (nSPS) is 19.1. The number of aliphatic hydroxyl groups excluding tert-OH is 1. The van der Waals surface area contributed by atoms with E-state index in [-0.39, 0.29) is 11.3 Å². The molecule has 0 spiro atoms. The van der Waals surface area contributed by atoms with E-state index in [4.69, 9.17) is 0 Å². The van der Waals surface area contributed by atoms with Crippen molar-refractivity contribution in [3.8, 4) is 0 Å². The molecule has 2 aromatic rings. The highest BCUT2D eigenvalue weighted by Gasteiger charge is 2.46. The lowest BCUT2D eigenvalue weighted by atomic mass is 9.98. The van der Waals surface area contributed by atoms with Gasteiger partial charge >= 0.3 is 0 Å². The molecule has 1 aromatic heterocycles. The van der Waals surface area contributed by atoms with Crippen LogP contribution in [0.15, 0.2) is 60.3 Å². The second-order valence-corrected chi connectivity index (χ2v) is 6.77. The van der Waals surface area contributed by atoms with E-state index in [1.54, 1.807) is 42.6 Å². The second-order valence-electron chi connectivity index (χ2n) is 6.77. The fourth-order valence-corrected chi connectivity index (χ4v) is 3.26. The molecular weight excluding hydrogens is 342 g/mol. The number of pyridine rings is 1. The van der Waals surface area contributed by atoms with Gasteiger partial charge in [-0.2, -0.15) is 0 Å². The Morgan fingerprint density at radius 3 is 2.44 bits per heavy atom. The molecule has 1 N–H and O–H groups in total. The monoisotopic (exact) mass is 365 g/mol. The summed E-state index contributed by atoms with van der Waals surface area (Å²) < 4.78 is 0. The van der Waals surface area contributed by atoms with Crippen molar-refractivity contribution in [3.05, 3.63) is 71.6 Å². The molecule has 1 amide bonds. The third-order valence-corrected chi connectivity index (χ3v) is 4.56.